The molecule has 0 aliphatic heterocycles. The van der Waals surface area contributed by atoms with E-state index in [2.05, 4.69) is 20.9 Å². The fourth-order valence-electron chi connectivity index (χ4n) is 1.53. The van der Waals surface area contributed by atoms with Crippen LogP contribution in [-0.4, -0.2) is 19.2 Å². The van der Waals surface area contributed by atoms with Crippen LogP contribution in [0.15, 0.2) is 27.6 Å². The summed E-state index contributed by atoms with van der Waals surface area (Å²) in [6.07, 6.45) is 1.60. The summed E-state index contributed by atoms with van der Waals surface area (Å²) in [6.45, 7) is 0. The lowest BCUT2D eigenvalue weighted by molar-refractivity contribution is 0.397. The number of aromatic nitrogens is 1. The molecule has 0 saturated heterocycles. The zero-order valence-corrected chi connectivity index (χ0v) is 10.4. The Labute approximate surface area is 100 Å². The summed E-state index contributed by atoms with van der Waals surface area (Å²) < 4.78 is 10.8. The molecule has 5 heteroatoms. The maximum atomic E-state index is 11.9. The highest BCUT2D eigenvalue weighted by atomic mass is 79.9. The molecule has 0 radical (unpaired) electrons. The summed E-state index contributed by atoms with van der Waals surface area (Å²) >= 11 is 3.18. The molecule has 0 spiro atoms. The predicted octanol–water partition coefficient (Wildman–Crippen LogP) is 2.31. The molecule has 16 heavy (non-hydrogen) atoms. The Bertz CT molecular complexity index is 592. The molecule has 0 aliphatic rings. The number of benzene rings is 1. The third-order valence-corrected chi connectivity index (χ3v) is 2.93. The molecule has 2 rings (SSSR count). The largest absolute Gasteiger partial charge is 0.497 e. The second-order valence-electron chi connectivity index (χ2n) is 3.22. The van der Waals surface area contributed by atoms with Gasteiger partial charge in [0.2, 0.25) is 5.43 Å². The Hall–Kier alpha value is -1.49. The number of nitrogens with one attached hydrogen (secondary N) is 1. The number of halogens is 1. The molecule has 0 unspecified atom stereocenters. The molecule has 0 atom stereocenters. The van der Waals surface area contributed by atoms with Crippen LogP contribution < -0.4 is 14.9 Å². The van der Waals surface area contributed by atoms with E-state index in [4.69, 9.17) is 9.47 Å². The molecule has 1 heterocycles. The number of hydrogen-bond acceptors (Lipinski definition) is 3. The predicted molar refractivity (Wildman–Crippen MR) is 65.4 cm³/mol. The Kier molecular flexibility index (Phi) is 2.87. The first-order valence-electron chi connectivity index (χ1n) is 4.60. The van der Waals surface area contributed by atoms with Crippen LogP contribution in [0.3, 0.4) is 0 Å². The van der Waals surface area contributed by atoms with Crippen molar-refractivity contribution < 1.29 is 9.47 Å². The van der Waals surface area contributed by atoms with Crippen molar-refractivity contribution >= 4 is 26.8 Å². The highest BCUT2D eigenvalue weighted by Crippen LogP contribution is 2.28. The van der Waals surface area contributed by atoms with Gasteiger partial charge in [-0.3, -0.25) is 4.79 Å². The van der Waals surface area contributed by atoms with Crippen molar-refractivity contribution in [1.82, 2.24) is 4.98 Å². The van der Waals surface area contributed by atoms with Gasteiger partial charge in [-0.2, -0.15) is 0 Å². The van der Waals surface area contributed by atoms with Gasteiger partial charge in [0, 0.05) is 12.3 Å². The number of aromatic amines is 1. The third kappa shape index (κ3) is 1.67. The first-order valence-corrected chi connectivity index (χ1v) is 5.39. The normalized spacial score (nSPS) is 10.4. The number of ether oxygens (including phenoxy) is 2. The Morgan fingerprint density at radius 2 is 2.00 bits per heavy atom. The molecule has 0 bridgehead atoms. The van der Waals surface area contributed by atoms with Crippen LogP contribution in [-0.2, 0) is 0 Å². The molecule has 0 fully saturated rings. The lowest BCUT2D eigenvalue weighted by Gasteiger charge is -2.08. The van der Waals surface area contributed by atoms with Crippen molar-refractivity contribution in [1.29, 1.82) is 0 Å². The summed E-state index contributed by atoms with van der Waals surface area (Å²) in [4.78, 5) is 14.9. The molecule has 1 N–H and O–H groups in total. The van der Waals surface area contributed by atoms with Gasteiger partial charge in [-0.05, 0) is 22.0 Å². The zero-order valence-electron chi connectivity index (χ0n) is 8.83. The van der Waals surface area contributed by atoms with Crippen LogP contribution >= 0.6 is 15.9 Å². The molecule has 0 aliphatic carbocycles. The molecule has 1 aromatic heterocycles. The highest BCUT2D eigenvalue weighted by Gasteiger charge is 2.09. The van der Waals surface area contributed by atoms with Gasteiger partial charge in [-0.15, -0.1) is 0 Å². The first-order chi connectivity index (χ1) is 7.67. The summed E-state index contributed by atoms with van der Waals surface area (Å²) in [7, 11) is 3.10. The minimum absolute atomic E-state index is 0.0917. The fourth-order valence-corrected chi connectivity index (χ4v) is 1.85. The van der Waals surface area contributed by atoms with E-state index in [9.17, 15) is 4.79 Å². The Morgan fingerprint density at radius 3 is 2.62 bits per heavy atom. The minimum atomic E-state index is -0.0917. The van der Waals surface area contributed by atoms with Crippen molar-refractivity contribution in [3.8, 4) is 11.5 Å². The number of pyridine rings is 1. The van der Waals surface area contributed by atoms with E-state index < -0.39 is 0 Å². The van der Waals surface area contributed by atoms with E-state index in [0.717, 1.165) is 0 Å². The molecular weight excluding hydrogens is 274 g/mol. The lowest BCUT2D eigenvalue weighted by atomic mass is 10.2. The maximum absolute atomic E-state index is 11.9. The molecule has 2 aromatic rings. The number of hydrogen-bond donors (Lipinski definition) is 1. The van der Waals surface area contributed by atoms with Gasteiger partial charge < -0.3 is 14.5 Å². The second-order valence-corrected chi connectivity index (χ2v) is 4.07. The Balaban J connectivity index is 2.90. The van der Waals surface area contributed by atoms with Crippen molar-refractivity contribution in [2.75, 3.05) is 14.2 Å². The van der Waals surface area contributed by atoms with Gasteiger partial charge in [0.25, 0.3) is 0 Å². The van der Waals surface area contributed by atoms with Gasteiger partial charge in [-0.1, -0.05) is 0 Å². The molecule has 1 aromatic carbocycles. The van der Waals surface area contributed by atoms with Crippen LogP contribution in [0.5, 0.6) is 11.5 Å². The van der Waals surface area contributed by atoms with Crippen molar-refractivity contribution in [3.63, 3.8) is 0 Å². The van der Waals surface area contributed by atoms with Gasteiger partial charge in [0.1, 0.15) is 11.5 Å². The second kappa shape index (κ2) is 4.17. The standard InChI is InChI=1S/C11H10BrNO3/c1-15-6-3-7-10(9(4-6)16-2)13-5-8(12)11(7)14/h3-5H,1-2H3,(H,13,14). The van der Waals surface area contributed by atoms with Gasteiger partial charge in [0.15, 0.2) is 0 Å². The summed E-state index contributed by atoms with van der Waals surface area (Å²) in [5.74, 6) is 1.17. The van der Waals surface area contributed by atoms with Crippen molar-refractivity contribution in [2.45, 2.75) is 0 Å². The maximum Gasteiger partial charge on any atom is 0.203 e. The molecule has 84 valence electrons. The highest BCUT2D eigenvalue weighted by molar-refractivity contribution is 9.10. The van der Waals surface area contributed by atoms with Crippen LogP contribution in [0, 0.1) is 0 Å². The van der Waals surface area contributed by atoms with E-state index in [1.807, 2.05) is 0 Å². The summed E-state index contributed by atoms with van der Waals surface area (Å²) in [5, 5.41) is 0.533. The van der Waals surface area contributed by atoms with Crippen LogP contribution in [0.2, 0.25) is 0 Å². The smallest absolute Gasteiger partial charge is 0.203 e. The number of methoxy groups -OCH3 is 2. The summed E-state index contributed by atoms with van der Waals surface area (Å²) in [5.41, 5.74) is 0.572. The van der Waals surface area contributed by atoms with Crippen molar-refractivity contribution in [2.24, 2.45) is 0 Å². The lowest BCUT2D eigenvalue weighted by Crippen LogP contribution is -2.04. The zero-order chi connectivity index (χ0) is 11.7. The molecule has 4 nitrogen and oxygen atoms in total. The third-order valence-electron chi connectivity index (χ3n) is 2.34. The average Bonchev–Trinajstić information content (AvgIpc) is 2.32. The Morgan fingerprint density at radius 1 is 1.25 bits per heavy atom. The summed E-state index contributed by atoms with van der Waals surface area (Å²) in [6, 6.07) is 3.41. The first kappa shape index (κ1) is 11.0. The average molecular weight is 284 g/mol. The molecule has 0 amide bonds. The van der Waals surface area contributed by atoms with E-state index in [1.165, 1.54) is 0 Å². The van der Waals surface area contributed by atoms with Crippen LogP contribution in [0.4, 0.5) is 0 Å². The quantitative estimate of drug-likeness (QED) is 0.920. The topological polar surface area (TPSA) is 51.3 Å². The van der Waals surface area contributed by atoms with Crippen LogP contribution in [0.1, 0.15) is 0 Å². The fraction of sp³-hybridized carbons (Fsp3) is 0.182. The molecule has 0 saturated carbocycles. The molecular formula is C11H10BrNO3. The van der Waals surface area contributed by atoms with E-state index in [1.54, 1.807) is 32.5 Å². The van der Waals surface area contributed by atoms with Gasteiger partial charge in [0.05, 0.1) is 29.6 Å². The number of fused-ring (bicyclic) bond motifs is 1. The number of H-pyrrole nitrogens is 1. The SMILES string of the molecule is COc1cc(OC)c2[nH]cc(Br)c(=O)c2c1. The monoisotopic (exact) mass is 283 g/mol. The van der Waals surface area contributed by atoms with Crippen molar-refractivity contribution in [3.05, 3.63) is 33.0 Å². The van der Waals surface area contributed by atoms with Gasteiger partial charge >= 0.3 is 0 Å². The van der Waals surface area contributed by atoms with Crippen LogP contribution in [0.25, 0.3) is 10.9 Å². The number of rotatable bonds is 2. The van der Waals surface area contributed by atoms with Gasteiger partial charge in [-0.25, -0.2) is 0 Å². The van der Waals surface area contributed by atoms with E-state index in [0.29, 0.717) is 26.9 Å². The van der Waals surface area contributed by atoms with E-state index >= 15 is 0 Å². The minimum Gasteiger partial charge on any atom is -0.497 e. The van der Waals surface area contributed by atoms with E-state index in [-0.39, 0.29) is 5.43 Å².